The molecule has 0 bridgehead atoms. The molecule has 5 nitrogen and oxygen atoms in total. The number of esters is 1. The van der Waals surface area contributed by atoms with Crippen LogP contribution in [0.4, 0.5) is 0 Å². The van der Waals surface area contributed by atoms with Gasteiger partial charge in [-0.2, -0.15) is 0 Å². The Kier molecular flexibility index (Phi) is 5.03. The molecular formula is C17H16O5. The number of benzene rings is 2. The van der Waals surface area contributed by atoms with E-state index in [1.54, 1.807) is 42.5 Å². The first-order valence-corrected chi connectivity index (χ1v) is 6.54. The Morgan fingerprint density at radius 3 is 2.18 bits per heavy atom. The number of carbonyl (C=O) groups excluding carboxylic acids is 1. The summed E-state index contributed by atoms with van der Waals surface area (Å²) in [4.78, 5) is 11.7. The molecule has 2 aromatic rings. The molecule has 0 heterocycles. The van der Waals surface area contributed by atoms with Crippen LogP contribution in [0.25, 0.3) is 6.08 Å². The zero-order chi connectivity index (χ0) is 15.9. The van der Waals surface area contributed by atoms with Crippen molar-refractivity contribution in [1.29, 1.82) is 0 Å². The number of carbonyl (C=O) groups is 1. The highest BCUT2D eigenvalue weighted by Crippen LogP contribution is 2.37. The highest BCUT2D eigenvalue weighted by atomic mass is 16.5. The summed E-state index contributed by atoms with van der Waals surface area (Å²) in [6.07, 6.45) is 2.84. The van der Waals surface area contributed by atoms with Gasteiger partial charge in [0.05, 0.1) is 14.2 Å². The second kappa shape index (κ2) is 7.17. The van der Waals surface area contributed by atoms with Crippen molar-refractivity contribution in [1.82, 2.24) is 0 Å². The quantitative estimate of drug-likeness (QED) is 0.522. The van der Waals surface area contributed by atoms with E-state index in [9.17, 15) is 9.90 Å². The Hall–Kier alpha value is -2.95. The highest BCUT2D eigenvalue weighted by molar-refractivity contribution is 5.89. The van der Waals surface area contributed by atoms with Gasteiger partial charge in [-0.3, -0.25) is 0 Å². The van der Waals surface area contributed by atoms with Crippen LogP contribution in [0.2, 0.25) is 0 Å². The molecule has 0 amide bonds. The maximum absolute atomic E-state index is 11.7. The third-order valence-corrected chi connectivity index (χ3v) is 2.88. The number of phenolic OH excluding ortho intramolecular Hbond substituents is 1. The lowest BCUT2D eigenvalue weighted by atomic mass is 10.1. The van der Waals surface area contributed by atoms with E-state index in [-0.39, 0.29) is 17.2 Å². The van der Waals surface area contributed by atoms with Crippen molar-refractivity contribution in [2.24, 2.45) is 0 Å². The Morgan fingerprint density at radius 2 is 1.64 bits per heavy atom. The van der Waals surface area contributed by atoms with Gasteiger partial charge in [-0.05, 0) is 35.9 Å². The standard InChI is InChI=1S/C17H16O5/c1-20-14-10-12(11-15(21-2)17(14)19)8-9-16(18)22-13-6-4-3-5-7-13/h3-11,19H,1-2H3. The first kappa shape index (κ1) is 15.4. The van der Waals surface area contributed by atoms with Crippen molar-refractivity contribution in [3.8, 4) is 23.0 Å². The van der Waals surface area contributed by atoms with E-state index in [1.165, 1.54) is 20.3 Å². The molecule has 0 radical (unpaired) electrons. The molecule has 0 aliphatic heterocycles. The molecule has 0 unspecified atom stereocenters. The van der Waals surface area contributed by atoms with Gasteiger partial charge in [-0.15, -0.1) is 0 Å². The van der Waals surface area contributed by atoms with Crippen molar-refractivity contribution >= 4 is 12.0 Å². The van der Waals surface area contributed by atoms with Gasteiger partial charge in [0.15, 0.2) is 11.5 Å². The molecule has 22 heavy (non-hydrogen) atoms. The SMILES string of the molecule is COc1cc(C=CC(=O)Oc2ccccc2)cc(OC)c1O. The van der Waals surface area contributed by atoms with Crippen LogP contribution < -0.4 is 14.2 Å². The van der Waals surface area contributed by atoms with Crippen molar-refractivity contribution in [2.45, 2.75) is 0 Å². The number of para-hydroxylation sites is 1. The summed E-state index contributed by atoms with van der Waals surface area (Å²) in [6, 6.07) is 12.0. The van der Waals surface area contributed by atoms with Crippen LogP contribution in [0.15, 0.2) is 48.5 Å². The molecule has 5 heteroatoms. The number of ether oxygens (including phenoxy) is 3. The van der Waals surface area contributed by atoms with Crippen LogP contribution in [0, 0.1) is 0 Å². The first-order valence-electron chi connectivity index (χ1n) is 6.54. The predicted molar refractivity (Wildman–Crippen MR) is 82.3 cm³/mol. The molecule has 0 aromatic heterocycles. The number of hydrogen-bond donors (Lipinski definition) is 1. The lowest BCUT2D eigenvalue weighted by molar-refractivity contribution is -0.128. The summed E-state index contributed by atoms with van der Waals surface area (Å²) < 4.78 is 15.2. The fraction of sp³-hybridized carbons (Fsp3) is 0.118. The van der Waals surface area contributed by atoms with Crippen LogP contribution in [-0.4, -0.2) is 25.3 Å². The minimum Gasteiger partial charge on any atom is -0.502 e. The van der Waals surface area contributed by atoms with Gasteiger partial charge in [0, 0.05) is 6.08 Å². The summed E-state index contributed by atoms with van der Waals surface area (Å²) in [5.41, 5.74) is 0.636. The predicted octanol–water partition coefficient (Wildman–Crippen LogP) is 3.03. The van der Waals surface area contributed by atoms with E-state index in [0.717, 1.165) is 0 Å². The van der Waals surface area contributed by atoms with Crippen LogP contribution in [0.1, 0.15) is 5.56 Å². The number of rotatable bonds is 5. The minimum absolute atomic E-state index is 0.0889. The van der Waals surface area contributed by atoms with Crippen LogP contribution in [0.5, 0.6) is 23.0 Å². The number of aromatic hydroxyl groups is 1. The van der Waals surface area contributed by atoms with Gasteiger partial charge in [-0.1, -0.05) is 18.2 Å². The highest BCUT2D eigenvalue weighted by Gasteiger charge is 2.10. The zero-order valence-corrected chi connectivity index (χ0v) is 12.3. The van der Waals surface area contributed by atoms with Gasteiger partial charge >= 0.3 is 5.97 Å². The number of phenols is 1. The van der Waals surface area contributed by atoms with Crippen LogP contribution >= 0.6 is 0 Å². The van der Waals surface area contributed by atoms with Gasteiger partial charge in [0.2, 0.25) is 5.75 Å². The lowest BCUT2D eigenvalue weighted by Gasteiger charge is -2.09. The Morgan fingerprint density at radius 1 is 1.05 bits per heavy atom. The first-order chi connectivity index (χ1) is 10.6. The van der Waals surface area contributed by atoms with Crippen LogP contribution in [0.3, 0.4) is 0 Å². The van der Waals surface area contributed by atoms with E-state index < -0.39 is 5.97 Å². The van der Waals surface area contributed by atoms with E-state index >= 15 is 0 Å². The molecule has 0 atom stereocenters. The van der Waals surface area contributed by atoms with Crippen molar-refractivity contribution in [2.75, 3.05) is 14.2 Å². The minimum atomic E-state index is -0.503. The maximum Gasteiger partial charge on any atom is 0.336 e. The zero-order valence-electron chi connectivity index (χ0n) is 12.3. The Labute approximate surface area is 128 Å². The summed E-state index contributed by atoms with van der Waals surface area (Å²) >= 11 is 0. The van der Waals surface area contributed by atoms with Crippen molar-refractivity contribution in [3.63, 3.8) is 0 Å². The fourth-order valence-corrected chi connectivity index (χ4v) is 1.81. The van der Waals surface area contributed by atoms with Gasteiger partial charge in [0.25, 0.3) is 0 Å². The third kappa shape index (κ3) is 3.79. The molecule has 0 aliphatic rings. The second-order valence-electron chi connectivity index (χ2n) is 4.34. The maximum atomic E-state index is 11.7. The molecule has 0 saturated heterocycles. The van der Waals surface area contributed by atoms with E-state index in [4.69, 9.17) is 14.2 Å². The van der Waals surface area contributed by atoms with E-state index in [1.807, 2.05) is 6.07 Å². The average molecular weight is 300 g/mol. The molecule has 2 aromatic carbocycles. The van der Waals surface area contributed by atoms with Gasteiger partial charge in [-0.25, -0.2) is 4.79 Å². The number of hydrogen-bond acceptors (Lipinski definition) is 5. The molecule has 114 valence electrons. The van der Waals surface area contributed by atoms with Crippen molar-refractivity contribution < 1.29 is 24.1 Å². The third-order valence-electron chi connectivity index (χ3n) is 2.88. The Balaban J connectivity index is 2.14. The monoisotopic (exact) mass is 300 g/mol. The van der Waals surface area contributed by atoms with E-state index in [0.29, 0.717) is 11.3 Å². The summed E-state index contributed by atoms with van der Waals surface area (Å²) in [5.74, 6) is 0.398. The lowest BCUT2D eigenvalue weighted by Crippen LogP contribution is -2.03. The summed E-state index contributed by atoms with van der Waals surface area (Å²) in [7, 11) is 2.87. The van der Waals surface area contributed by atoms with Crippen molar-refractivity contribution in [3.05, 3.63) is 54.1 Å². The molecule has 0 saturated carbocycles. The van der Waals surface area contributed by atoms with Crippen LogP contribution in [-0.2, 0) is 4.79 Å². The number of methoxy groups -OCH3 is 2. The van der Waals surface area contributed by atoms with Gasteiger partial charge < -0.3 is 19.3 Å². The molecule has 1 N–H and O–H groups in total. The Bertz CT molecular complexity index is 652. The normalized spacial score (nSPS) is 10.5. The average Bonchev–Trinajstić information content (AvgIpc) is 2.54. The second-order valence-corrected chi connectivity index (χ2v) is 4.34. The molecule has 0 spiro atoms. The van der Waals surface area contributed by atoms with E-state index in [2.05, 4.69) is 0 Å². The summed E-state index contributed by atoms with van der Waals surface area (Å²) in [5, 5.41) is 9.82. The molecule has 2 rings (SSSR count). The largest absolute Gasteiger partial charge is 0.502 e. The summed E-state index contributed by atoms with van der Waals surface area (Å²) in [6.45, 7) is 0. The molecule has 0 fully saturated rings. The fourth-order valence-electron chi connectivity index (χ4n) is 1.81. The molecular weight excluding hydrogens is 284 g/mol. The molecule has 0 aliphatic carbocycles. The topological polar surface area (TPSA) is 65.0 Å². The van der Waals surface area contributed by atoms with Gasteiger partial charge in [0.1, 0.15) is 5.75 Å². The smallest absolute Gasteiger partial charge is 0.336 e.